The maximum absolute atomic E-state index is 6.21. The van der Waals surface area contributed by atoms with Gasteiger partial charge in [-0.05, 0) is 0 Å². The molecule has 1 unspecified atom stereocenters. The van der Waals surface area contributed by atoms with Crippen LogP contribution in [0.4, 0.5) is 0 Å². The van der Waals surface area contributed by atoms with E-state index >= 15 is 0 Å². The van der Waals surface area contributed by atoms with Gasteiger partial charge in [0.2, 0.25) is 0 Å². The van der Waals surface area contributed by atoms with Crippen molar-refractivity contribution < 1.29 is 9.05 Å². The molecule has 0 amide bonds. The summed E-state index contributed by atoms with van der Waals surface area (Å²) < 4.78 is 11.2. The molecule has 0 aliphatic rings. The molecule has 0 saturated carbocycles. The van der Waals surface area contributed by atoms with Gasteiger partial charge in [-0.25, -0.2) is 0 Å². The number of hydrogen-bond donors (Lipinski definition) is 0. The Morgan fingerprint density at radius 2 is 1.69 bits per heavy atom. The molecule has 0 spiro atoms. The summed E-state index contributed by atoms with van der Waals surface area (Å²) in [6, 6.07) is 0. The molecule has 5 heteroatoms. The van der Waals surface area contributed by atoms with Crippen molar-refractivity contribution in [2.24, 2.45) is 0 Å². The number of halogens is 1. The average Bonchev–Trinajstić information content (AvgIpc) is 2.05. The van der Waals surface area contributed by atoms with Gasteiger partial charge in [-0.15, -0.1) is 0 Å². The van der Waals surface area contributed by atoms with Crippen molar-refractivity contribution in [2.75, 3.05) is 13.2 Å². The normalized spacial score (nSPS) is 14.5. The first-order valence-electron chi connectivity index (χ1n) is 4.63. The standard InChI is InChI=1S/C8H18ClO2PSe/c1-4-7-8(9)12(13,10-5-2)11-6-3/h8H,4-7H2,1-3H3. The summed E-state index contributed by atoms with van der Waals surface area (Å²) in [6.07, 6.45) is 1.99. The zero-order chi connectivity index (χ0) is 10.3. The minimum atomic E-state index is -1.94. The van der Waals surface area contributed by atoms with Crippen LogP contribution in [-0.4, -0.2) is 33.4 Å². The van der Waals surface area contributed by atoms with Gasteiger partial charge in [0.15, 0.2) is 0 Å². The second-order valence-corrected chi connectivity index (χ2v) is 8.85. The molecule has 80 valence electrons. The van der Waals surface area contributed by atoms with Crippen LogP contribution in [-0.2, 0) is 9.05 Å². The van der Waals surface area contributed by atoms with E-state index in [1.807, 2.05) is 13.8 Å². The summed E-state index contributed by atoms with van der Waals surface area (Å²) in [7, 11) is 0. The molecule has 0 saturated heterocycles. The fourth-order valence-electron chi connectivity index (χ4n) is 0.955. The SMILES string of the molecule is CCCC(Cl)P(=[Se])(OCC)OCC. The molecule has 13 heavy (non-hydrogen) atoms. The predicted octanol–water partition coefficient (Wildman–Crippen LogP) is 3.36. The summed E-state index contributed by atoms with van der Waals surface area (Å²) in [5.74, 6) is -1.94. The van der Waals surface area contributed by atoms with Crippen LogP contribution in [0.5, 0.6) is 0 Å². The van der Waals surface area contributed by atoms with E-state index in [2.05, 4.69) is 22.0 Å². The Kier molecular flexibility index (Phi) is 8.12. The third kappa shape index (κ3) is 4.97. The van der Waals surface area contributed by atoms with Gasteiger partial charge < -0.3 is 0 Å². The second-order valence-electron chi connectivity index (χ2n) is 2.60. The molecule has 0 aromatic heterocycles. The minimum absolute atomic E-state index is 0.0163. The third-order valence-corrected chi connectivity index (χ3v) is 8.37. The van der Waals surface area contributed by atoms with Gasteiger partial charge in [0, 0.05) is 0 Å². The molecule has 0 fully saturated rings. The van der Waals surface area contributed by atoms with Crippen LogP contribution in [0.3, 0.4) is 0 Å². The Hall–Kier alpha value is 1.16. The predicted molar refractivity (Wildman–Crippen MR) is 60.5 cm³/mol. The van der Waals surface area contributed by atoms with Crippen molar-refractivity contribution in [1.29, 1.82) is 0 Å². The van der Waals surface area contributed by atoms with Crippen LogP contribution in [0.1, 0.15) is 33.6 Å². The van der Waals surface area contributed by atoms with E-state index in [0.717, 1.165) is 12.8 Å². The molecule has 0 aromatic carbocycles. The van der Waals surface area contributed by atoms with E-state index in [4.69, 9.17) is 20.6 Å². The zero-order valence-electron chi connectivity index (χ0n) is 8.46. The Bertz CT molecular complexity index is 168. The third-order valence-electron chi connectivity index (χ3n) is 1.49. The first-order chi connectivity index (χ1) is 6.10. The molecule has 0 radical (unpaired) electrons. The topological polar surface area (TPSA) is 18.5 Å². The van der Waals surface area contributed by atoms with Gasteiger partial charge in [-0.1, -0.05) is 0 Å². The van der Waals surface area contributed by atoms with Crippen molar-refractivity contribution >= 4 is 32.7 Å². The van der Waals surface area contributed by atoms with Gasteiger partial charge >= 0.3 is 93.7 Å². The van der Waals surface area contributed by atoms with E-state index in [9.17, 15) is 0 Å². The van der Waals surface area contributed by atoms with Crippen LogP contribution in [0.15, 0.2) is 0 Å². The Morgan fingerprint density at radius 1 is 1.23 bits per heavy atom. The molecule has 0 N–H and O–H groups in total. The summed E-state index contributed by atoms with van der Waals surface area (Å²) in [6.45, 7) is 7.32. The Labute approximate surface area is 93.7 Å². The quantitative estimate of drug-likeness (QED) is 0.407. The molecule has 0 aliphatic carbocycles. The van der Waals surface area contributed by atoms with Crippen molar-refractivity contribution in [3.05, 3.63) is 0 Å². The molecule has 1 atom stereocenters. The summed E-state index contributed by atoms with van der Waals surface area (Å²) in [5, 5.41) is -0.0163. The molecule has 2 nitrogen and oxygen atoms in total. The van der Waals surface area contributed by atoms with Crippen molar-refractivity contribution in [3.63, 3.8) is 0 Å². The van der Waals surface area contributed by atoms with E-state index in [1.54, 1.807) is 0 Å². The van der Waals surface area contributed by atoms with Crippen LogP contribution >= 0.6 is 17.6 Å². The molecule has 0 aromatic rings. The molecular weight excluding hydrogens is 273 g/mol. The van der Waals surface area contributed by atoms with Gasteiger partial charge in [0.05, 0.1) is 0 Å². The van der Waals surface area contributed by atoms with E-state index in [-0.39, 0.29) is 5.12 Å². The maximum atomic E-state index is 6.21. The Morgan fingerprint density at radius 3 is 2.00 bits per heavy atom. The summed E-state index contributed by atoms with van der Waals surface area (Å²) in [5.41, 5.74) is 0. The zero-order valence-corrected chi connectivity index (χ0v) is 11.8. The van der Waals surface area contributed by atoms with Crippen LogP contribution in [0.2, 0.25) is 0 Å². The van der Waals surface area contributed by atoms with Gasteiger partial charge in [-0.2, -0.15) is 0 Å². The first kappa shape index (κ1) is 14.2. The fraction of sp³-hybridized carbons (Fsp3) is 1.00. The molecule has 0 aliphatic heterocycles. The monoisotopic (exact) mass is 292 g/mol. The van der Waals surface area contributed by atoms with Crippen molar-refractivity contribution in [2.45, 2.75) is 38.7 Å². The molecule has 0 rings (SSSR count). The number of rotatable bonds is 7. The molecule has 0 heterocycles. The molecular formula is C8H18ClO2PSe. The Balaban J connectivity index is 4.28. The van der Waals surface area contributed by atoms with Gasteiger partial charge in [-0.3, -0.25) is 0 Å². The van der Waals surface area contributed by atoms with Crippen LogP contribution in [0, 0.1) is 0 Å². The van der Waals surface area contributed by atoms with Crippen LogP contribution < -0.4 is 0 Å². The molecule has 0 bridgehead atoms. The second kappa shape index (κ2) is 7.45. The van der Waals surface area contributed by atoms with E-state index < -0.39 is 5.96 Å². The summed E-state index contributed by atoms with van der Waals surface area (Å²) >= 11 is 9.23. The average molecular weight is 292 g/mol. The van der Waals surface area contributed by atoms with Gasteiger partial charge in [0.25, 0.3) is 0 Å². The van der Waals surface area contributed by atoms with E-state index in [0.29, 0.717) is 13.2 Å². The number of hydrogen-bond acceptors (Lipinski definition) is 2. The fourth-order valence-corrected chi connectivity index (χ4v) is 5.19. The first-order valence-corrected chi connectivity index (χ1v) is 8.98. The van der Waals surface area contributed by atoms with Gasteiger partial charge in [0.1, 0.15) is 0 Å². The summed E-state index contributed by atoms with van der Waals surface area (Å²) in [4.78, 5) is 0. The van der Waals surface area contributed by atoms with Crippen molar-refractivity contribution in [1.82, 2.24) is 0 Å². The van der Waals surface area contributed by atoms with E-state index in [1.165, 1.54) is 0 Å². The van der Waals surface area contributed by atoms with Crippen molar-refractivity contribution in [3.8, 4) is 0 Å². The van der Waals surface area contributed by atoms with Crippen LogP contribution in [0.25, 0.3) is 0 Å². The number of alkyl halides is 1.